The minimum atomic E-state index is -0.0333. The van der Waals surface area contributed by atoms with Gasteiger partial charge in [-0.05, 0) is 32.4 Å². The third-order valence-corrected chi connectivity index (χ3v) is 3.88. The summed E-state index contributed by atoms with van der Waals surface area (Å²) in [6, 6.07) is 3.49. The first kappa shape index (κ1) is 16.9. The Balaban J connectivity index is 1.71. The van der Waals surface area contributed by atoms with Crippen molar-refractivity contribution >= 4 is 5.91 Å². The van der Waals surface area contributed by atoms with Crippen LogP contribution in [-0.2, 0) is 17.8 Å². The summed E-state index contributed by atoms with van der Waals surface area (Å²) in [4.78, 5) is 14.4. The van der Waals surface area contributed by atoms with E-state index in [4.69, 9.17) is 13.4 Å². The maximum Gasteiger partial charge on any atom is 0.283 e. The van der Waals surface area contributed by atoms with Crippen LogP contribution in [0.2, 0.25) is 0 Å². The number of aromatic nitrogens is 3. The molecule has 3 heterocycles. The lowest BCUT2D eigenvalue weighted by molar-refractivity contribution is -0.131. The topological polar surface area (TPSA) is 98.4 Å². The van der Waals surface area contributed by atoms with E-state index in [0.717, 1.165) is 17.7 Å². The fraction of sp³-hybridized carbons (Fsp3) is 0.412. The molecule has 3 rings (SSSR count). The second-order valence-electron chi connectivity index (χ2n) is 5.77. The first-order valence-corrected chi connectivity index (χ1v) is 8.14. The average Bonchev–Trinajstić information content (AvgIpc) is 3.32. The van der Waals surface area contributed by atoms with Gasteiger partial charge in [-0.3, -0.25) is 4.79 Å². The van der Waals surface area contributed by atoms with Crippen molar-refractivity contribution in [1.82, 2.24) is 20.3 Å². The maximum absolute atomic E-state index is 12.7. The number of hydrogen-bond acceptors (Lipinski definition) is 7. The van der Waals surface area contributed by atoms with Crippen molar-refractivity contribution in [2.45, 2.75) is 40.2 Å². The van der Waals surface area contributed by atoms with Crippen molar-refractivity contribution in [3.05, 3.63) is 41.3 Å². The molecule has 8 heteroatoms. The Labute approximate surface area is 144 Å². The summed E-state index contributed by atoms with van der Waals surface area (Å²) in [5.41, 5.74) is 1.56. The number of aryl methyl sites for hydroxylation is 2. The van der Waals surface area contributed by atoms with Gasteiger partial charge in [0.15, 0.2) is 5.76 Å². The smallest absolute Gasteiger partial charge is 0.283 e. The van der Waals surface area contributed by atoms with Gasteiger partial charge >= 0.3 is 0 Å². The molecule has 25 heavy (non-hydrogen) atoms. The van der Waals surface area contributed by atoms with Gasteiger partial charge in [0, 0.05) is 12.1 Å². The van der Waals surface area contributed by atoms with Crippen LogP contribution in [0.15, 0.2) is 31.8 Å². The maximum atomic E-state index is 12.7. The molecule has 0 aliphatic rings. The van der Waals surface area contributed by atoms with Gasteiger partial charge in [-0.15, -0.1) is 10.2 Å². The molecule has 132 valence electrons. The minimum Gasteiger partial charge on any atom is -0.459 e. The van der Waals surface area contributed by atoms with Gasteiger partial charge in [-0.2, -0.15) is 0 Å². The highest BCUT2D eigenvalue weighted by molar-refractivity contribution is 5.79. The Morgan fingerprint density at radius 1 is 1.28 bits per heavy atom. The highest BCUT2D eigenvalue weighted by atomic mass is 16.5. The largest absolute Gasteiger partial charge is 0.459 e. The van der Waals surface area contributed by atoms with Crippen LogP contribution >= 0.6 is 0 Å². The number of amides is 1. The molecular weight excluding hydrogens is 324 g/mol. The fourth-order valence-corrected chi connectivity index (χ4v) is 2.56. The van der Waals surface area contributed by atoms with Gasteiger partial charge in [0.05, 0.1) is 24.9 Å². The molecular formula is C17H20N4O4. The van der Waals surface area contributed by atoms with Gasteiger partial charge in [-0.1, -0.05) is 12.1 Å². The van der Waals surface area contributed by atoms with E-state index < -0.39 is 0 Å². The summed E-state index contributed by atoms with van der Waals surface area (Å²) in [6.07, 6.45) is 2.60. The van der Waals surface area contributed by atoms with Crippen LogP contribution in [-0.4, -0.2) is 32.7 Å². The monoisotopic (exact) mass is 344 g/mol. The Hall–Kier alpha value is -2.90. The molecule has 8 nitrogen and oxygen atoms in total. The molecule has 0 fully saturated rings. The average molecular weight is 344 g/mol. The molecule has 0 spiro atoms. The SMILES string of the molecule is CCCN(Cc1nnc(-c2ccco2)o1)C(=O)Cc1c(C)noc1C. The van der Waals surface area contributed by atoms with Crippen molar-refractivity contribution < 1.29 is 18.2 Å². The molecule has 0 atom stereocenters. The zero-order valence-electron chi connectivity index (χ0n) is 14.5. The number of furan rings is 1. The first-order valence-electron chi connectivity index (χ1n) is 8.14. The summed E-state index contributed by atoms with van der Waals surface area (Å²) in [5, 5.41) is 11.9. The summed E-state index contributed by atoms with van der Waals surface area (Å²) >= 11 is 0. The van der Waals surface area contributed by atoms with E-state index in [9.17, 15) is 4.79 Å². The van der Waals surface area contributed by atoms with Crippen molar-refractivity contribution in [3.63, 3.8) is 0 Å². The Kier molecular flexibility index (Phi) is 4.97. The van der Waals surface area contributed by atoms with Gasteiger partial charge in [-0.25, -0.2) is 0 Å². The van der Waals surface area contributed by atoms with E-state index in [-0.39, 0.29) is 18.9 Å². The van der Waals surface area contributed by atoms with E-state index in [1.165, 1.54) is 6.26 Å². The molecule has 0 aliphatic heterocycles. The number of nitrogens with zero attached hydrogens (tertiary/aromatic N) is 4. The molecule has 0 bridgehead atoms. The van der Waals surface area contributed by atoms with E-state index in [1.54, 1.807) is 24.0 Å². The van der Waals surface area contributed by atoms with Gasteiger partial charge < -0.3 is 18.3 Å². The lowest BCUT2D eigenvalue weighted by Crippen LogP contribution is -2.32. The van der Waals surface area contributed by atoms with E-state index in [0.29, 0.717) is 29.8 Å². The quantitative estimate of drug-likeness (QED) is 0.650. The number of hydrogen-bond donors (Lipinski definition) is 0. The van der Waals surface area contributed by atoms with Gasteiger partial charge in [0.25, 0.3) is 5.89 Å². The van der Waals surface area contributed by atoms with Gasteiger partial charge in [0.1, 0.15) is 5.76 Å². The third kappa shape index (κ3) is 3.78. The van der Waals surface area contributed by atoms with Crippen LogP contribution in [0.3, 0.4) is 0 Å². The summed E-state index contributed by atoms with van der Waals surface area (Å²) in [6.45, 7) is 6.50. The Bertz CT molecular complexity index is 815. The number of carbonyl (C=O) groups excluding carboxylic acids is 1. The lowest BCUT2D eigenvalue weighted by atomic mass is 10.1. The molecule has 3 aromatic rings. The number of carbonyl (C=O) groups is 1. The van der Waals surface area contributed by atoms with Crippen LogP contribution < -0.4 is 0 Å². The number of rotatable bonds is 7. The second kappa shape index (κ2) is 7.33. The Morgan fingerprint density at radius 3 is 2.76 bits per heavy atom. The Morgan fingerprint density at radius 2 is 2.12 bits per heavy atom. The molecule has 3 aromatic heterocycles. The summed E-state index contributed by atoms with van der Waals surface area (Å²) in [5.74, 6) is 1.80. The molecule has 0 radical (unpaired) electrons. The third-order valence-electron chi connectivity index (χ3n) is 3.88. The minimum absolute atomic E-state index is 0.0333. The van der Waals surface area contributed by atoms with Crippen LogP contribution in [0.5, 0.6) is 0 Å². The molecule has 0 aromatic carbocycles. The molecule has 0 N–H and O–H groups in total. The van der Waals surface area contributed by atoms with Crippen molar-refractivity contribution in [1.29, 1.82) is 0 Å². The van der Waals surface area contributed by atoms with Crippen molar-refractivity contribution in [3.8, 4) is 11.7 Å². The predicted octanol–water partition coefficient (Wildman–Crippen LogP) is 2.92. The predicted molar refractivity (Wildman–Crippen MR) is 87.4 cm³/mol. The van der Waals surface area contributed by atoms with Gasteiger partial charge in [0.2, 0.25) is 11.8 Å². The fourth-order valence-electron chi connectivity index (χ4n) is 2.56. The van der Waals surface area contributed by atoms with Crippen LogP contribution in [0.25, 0.3) is 11.7 Å². The van der Waals surface area contributed by atoms with Crippen molar-refractivity contribution in [2.24, 2.45) is 0 Å². The summed E-state index contributed by atoms with van der Waals surface area (Å²) < 4.78 is 16.0. The normalized spacial score (nSPS) is 11.0. The summed E-state index contributed by atoms with van der Waals surface area (Å²) in [7, 11) is 0. The zero-order chi connectivity index (χ0) is 17.8. The first-order chi connectivity index (χ1) is 12.1. The molecule has 1 amide bonds. The van der Waals surface area contributed by atoms with Crippen LogP contribution in [0.4, 0.5) is 0 Å². The lowest BCUT2D eigenvalue weighted by Gasteiger charge is -2.20. The van der Waals surface area contributed by atoms with Crippen LogP contribution in [0, 0.1) is 13.8 Å². The molecule has 0 saturated heterocycles. The highest BCUT2D eigenvalue weighted by Gasteiger charge is 2.21. The van der Waals surface area contributed by atoms with Crippen LogP contribution in [0.1, 0.15) is 36.3 Å². The second-order valence-corrected chi connectivity index (χ2v) is 5.77. The standard InChI is InChI=1S/C17H20N4O4/c1-4-7-21(16(22)9-13-11(2)20-25-12(13)3)10-15-18-19-17(24-15)14-6-5-8-23-14/h5-6,8H,4,7,9-10H2,1-3H3. The zero-order valence-corrected chi connectivity index (χ0v) is 14.5. The van der Waals surface area contributed by atoms with Crippen molar-refractivity contribution in [2.75, 3.05) is 6.54 Å². The molecule has 0 unspecified atom stereocenters. The van der Waals surface area contributed by atoms with E-state index in [1.807, 2.05) is 13.8 Å². The highest BCUT2D eigenvalue weighted by Crippen LogP contribution is 2.19. The van der Waals surface area contributed by atoms with E-state index >= 15 is 0 Å². The molecule has 0 aliphatic carbocycles. The molecule has 0 saturated carbocycles. The van der Waals surface area contributed by atoms with E-state index in [2.05, 4.69) is 15.4 Å².